The van der Waals surface area contributed by atoms with Gasteiger partial charge in [-0.3, -0.25) is 14.4 Å². The fourth-order valence-electron chi connectivity index (χ4n) is 3.25. The number of anilines is 4. The van der Waals surface area contributed by atoms with Crippen LogP contribution in [-0.4, -0.2) is 30.8 Å². The van der Waals surface area contributed by atoms with Crippen LogP contribution in [0, 0.1) is 5.92 Å². The molecular weight excluding hydrogens is 428 g/mol. The lowest BCUT2D eigenvalue weighted by molar-refractivity contribution is -0.119. The molecule has 0 unspecified atom stereocenters. The molecule has 0 saturated heterocycles. The van der Waals surface area contributed by atoms with Gasteiger partial charge in [0.25, 0.3) is 5.91 Å². The van der Waals surface area contributed by atoms with Gasteiger partial charge in [-0.25, -0.2) is 0 Å². The third kappa shape index (κ3) is 6.68. The first-order valence-corrected chi connectivity index (χ1v) is 11.3. The molecule has 0 spiro atoms. The highest BCUT2D eigenvalue weighted by Crippen LogP contribution is 2.18. The van der Waals surface area contributed by atoms with Crippen molar-refractivity contribution in [1.29, 1.82) is 0 Å². The van der Waals surface area contributed by atoms with Crippen molar-refractivity contribution in [2.75, 3.05) is 33.9 Å². The van der Waals surface area contributed by atoms with Crippen LogP contribution in [0.2, 0.25) is 0 Å². The van der Waals surface area contributed by atoms with Crippen molar-refractivity contribution in [2.45, 2.75) is 20.8 Å². The Bertz CT molecular complexity index is 1110. The second-order valence-electron chi connectivity index (χ2n) is 8.09. The molecule has 0 atom stereocenters. The molecule has 0 saturated carbocycles. The van der Waals surface area contributed by atoms with Crippen molar-refractivity contribution >= 4 is 40.5 Å². The molecule has 3 aromatic carbocycles. The van der Waals surface area contributed by atoms with Crippen LogP contribution in [0.25, 0.3) is 0 Å². The highest BCUT2D eigenvalue weighted by atomic mass is 16.2. The summed E-state index contributed by atoms with van der Waals surface area (Å²) < 4.78 is 0. The van der Waals surface area contributed by atoms with Gasteiger partial charge >= 0.3 is 0 Å². The maximum Gasteiger partial charge on any atom is 0.258 e. The summed E-state index contributed by atoms with van der Waals surface area (Å²) in [5, 5.41) is 8.68. The topological polar surface area (TPSA) is 90.5 Å². The molecule has 3 aromatic rings. The molecule has 176 valence electrons. The summed E-state index contributed by atoms with van der Waals surface area (Å²) in [6, 6.07) is 23.6. The summed E-state index contributed by atoms with van der Waals surface area (Å²) in [6.07, 6.45) is 0. The Morgan fingerprint density at radius 2 is 1.32 bits per heavy atom. The van der Waals surface area contributed by atoms with E-state index in [-0.39, 0.29) is 30.2 Å². The van der Waals surface area contributed by atoms with Crippen LogP contribution < -0.4 is 20.9 Å². The van der Waals surface area contributed by atoms with Crippen molar-refractivity contribution in [3.63, 3.8) is 0 Å². The van der Waals surface area contributed by atoms with E-state index in [1.54, 1.807) is 53.4 Å². The average molecular weight is 459 g/mol. The predicted molar refractivity (Wildman–Crippen MR) is 137 cm³/mol. The molecular formula is C27H30N4O3. The fraction of sp³-hybridized carbons (Fsp3) is 0.222. The van der Waals surface area contributed by atoms with Gasteiger partial charge in [0.1, 0.15) is 0 Å². The first-order valence-electron chi connectivity index (χ1n) is 11.3. The van der Waals surface area contributed by atoms with E-state index in [4.69, 9.17) is 0 Å². The smallest absolute Gasteiger partial charge is 0.258 e. The molecule has 7 nitrogen and oxygen atoms in total. The maximum absolute atomic E-state index is 12.9. The third-order valence-electron chi connectivity index (χ3n) is 5.17. The zero-order chi connectivity index (χ0) is 24.5. The van der Waals surface area contributed by atoms with Crippen molar-refractivity contribution in [1.82, 2.24) is 0 Å². The molecule has 0 heterocycles. The van der Waals surface area contributed by atoms with Crippen LogP contribution in [0.1, 0.15) is 31.1 Å². The number of hydrogen-bond acceptors (Lipinski definition) is 4. The number of nitrogens with zero attached hydrogens (tertiary/aromatic N) is 1. The average Bonchev–Trinajstić information content (AvgIpc) is 2.85. The van der Waals surface area contributed by atoms with Crippen LogP contribution in [0.3, 0.4) is 0 Å². The van der Waals surface area contributed by atoms with Gasteiger partial charge in [0.15, 0.2) is 0 Å². The molecule has 0 fully saturated rings. The number of hydrogen-bond donors (Lipinski definition) is 3. The normalized spacial score (nSPS) is 10.5. The summed E-state index contributed by atoms with van der Waals surface area (Å²) in [7, 11) is 0. The molecule has 0 radical (unpaired) electrons. The molecule has 34 heavy (non-hydrogen) atoms. The fourth-order valence-corrected chi connectivity index (χ4v) is 3.25. The lowest BCUT2D eigenvalue weighted by Crippen LogP contribution is -2.30. The van der Waals surface area contributed by atoms with Crippen molar-refractivity contribution < 1.29 is 14.4 Å². The van der Waals surface area contributed by atoms with Gasteiger partial charge in [-0.05, 0) is 67.6 Å². The Kier molecular flexibility index (Phi) is 8.40. The van der Waals surface area contributed by atoms with Crippen LogP contribution in [-0.2, 0) is 9.59 Å². The molecule has 3 rings (SSSR count). The molecule has 0 aromatic heterocycles. The minimum atomic E-state index is -0.208. The Labute approximate surface area is 200 Å². The number of carbonyl (C=O) groups is 3. The van der Waals surface area contributed by atoms with Gasteiger partial charge in [-0.1, -0.05) is 32.0 Å². The Hall–Kier alpha value is -4.13. The number of carbonyl (C=O) groups excluding carboxylic acids is 3. The van der Waals surface area contributed by atoms with Gasteiger partial charge < -0.3 is 20.9 Å². The van der Waals surface area contributed by atoms with Gasteiger partial charge in [-0.2, -0.15) is 0 Å². The zero-order valence-corrected chi connectivity index (χ0v) is 19.7. The first kappa shape index (κ1) is 24.5. The highest BCUT2D eigenvalue weighted by Gasteiger charge is 2.15. The van der Waals surface area contributed by atoms with Crippen LogP contribution in [0.4, 0.5) is 22.7 Å². The summed E-state index contributed by atoms with van der Waals surface area (Å²) in [5.74, 6) is -0.449. The second kappa shape index (κ2) is 11.7. The molecule has 3 N–H and O–H groups in total. The number of rotatable bonds is 9. The summed E-state index contributed by atoms with van der Waals surface area (Å²) >= 11 is 0. The Balaban J connectivity index is 1.51. The lowest BCUT2D eigenvalue weighted by atomic mass is 10.1. The minimum absolute atomic E-state index is 0.0591. The standard InChI is InChI=1S/C27H30N4O3/c1-4-31(24-8-6-5-7-9-24)27(34)20-10-12-21(13-11-20)28-18-25(32)29-22-14-16-23(17-15-22)30-26(33)19(2)3/h5-17,19,28H,4,18H2,1-3H3,(H,29,32)(H,30,33). The second-order valence-corrected chi connectivity index (χ2v) is 8.09. The Morgan fingerprint density at radius 1 is 0.765 bits per heavy atom. The van der Waals surface area contributed by atoms with Gasteiger partial charge in [-0.15, -0.1) is 0 Å². The number of nitrogens with one attached hydrogen (secondary N) is 3. The molecule has 3 amide bonds. The molecule has 0 aliphatic rings. The summed E-state index contributed by atoms with van der Waals surface area (Å²) in [5.41, 5.74) is 3.48. The van der Waals surface area contributed by atoms with E-state index >= 15 is 0 Å². The van der Waals surface area contributed by atoms with E-state index in [1.165, 1.54) is 0 Å². The molecule has 7 heteroatoms. The highest BCUT2D eigenvalue weighted by molar-refractivity contribution is 6.06. The van der Waals surface area contributed by atoms with Gasteiger partial charge in [0.05, 0.1) is 6.54 Å². The third-order valence-corrected chi connectivity index (χ3v) is 5.17. The molecule has 0 aliphatic heterocycles. The quantitative estimate of drug-likeness (QED) is 0.421. The number of para-hydroxylation sites is 1. The first-order chi connectivity index (χ1) is 16.4. The number of benzene rings is 3. The van der Waals surface area contributed by atoms with Crippen molar-refractivity contribution in [3.05, 3.63) is 84.4 Å². The van der Waals surface area contributed by atoms with Gasteiger partial charge in [0.2, 0.25) is 11.8 Å². The van der Waals surface area contributed by atoms with E-state index in [0.717, 1.165) is 11.4 Å². The lowest BCUT2D eigenvalue weighted by Gasteiger charge is -2.21. The minimum Gasteiger partial charge on any atom is -0.376 e. The van der Waals surface area contributed by atoms with Crippen LogP contribution in [0.15, 0.2) is 78.9 Å². The van der Waals surface area contributed by atoms with Gasteiger partial charge in [0, 0.05) is 40.8 Å². The van der Waals surface area contributed by atoms with E-state index in [9.17, 15) is 14.4 Å². The molecule has 0 aliphatic carbocycles. The predicted octanol–water partition coefficient (Wildman–Crippen LogP) is 5.00. The monoisotopic (exact) mass is 458 g/mol. The Morgan fingerprint density at radius 3 is 1.88 bits per heavy atom. The zero-order valence-electron chi connectivity index (χ0n) is 19.7. The number of amides is 3. The SMILES string of the molecule is CCN(C(=O)c1ccc(NCC(=O)Nc2ccc(NC(=O)C(C)C)cc2)cc1)c1ccccc1. The van der Waals surface area contributed by atoms with E-state index in [2.05, 4.69) is 16.0 Å². The summed E-state index contributed by atoms with van der Waals surface area (Å²) in [4.78, 5) is 38.7. The van der Waals surface area contributed by atoms with E-state index < -0.39 is 0 Å². The van der Waals surface area contributed by atoms with E-state index in [1.807, 2.05) is 51.1 Å². The largest absolute Gasteiger partial charge is 0.376 e. The van der Waals surface area contributed by atoms with Crippen LogP contribution in [0.5, 0.6) is 0 Å². The molecule has 0 bridgehead atoms. The van der Waals surface area contributed by atoms with Crippen LogP contribution >= 0.6 is 0 Å². The van der Waals surface area contributed by atoms with Crippen molar-refractivity contribution in [3.8, 4) is 0 Å². The maximum atomic E-state index is 12.9. The summed E-state index contributed by atoms with van der Waals surface area (Å²) in [6.45, 7) is 6.23. The van der Waals surface area contributed by atoms with Crippen molar-refractivity contribution in [2.24, 2.45) is 5.92 Å². The van der Waals surface area contributed by atoms with E-state index in [0.29, 0.717) is 23.5 Å².